The van der Waals surface area contributed by atoms with Crippen LogP contribution in [0.3, 0.4) is 0 Å². The van der Waals surface area contributed by atoms with Crippen molar-refractivity contribution in [2.75, 3.05) is 6.54 Å². The first kappa shape index (κ1) is 17.2. The van der Waals surface area contributed by atoms with Crippen LogP contribution in [0.25, 0.3) is 22.4 Å². The minimum Gasteiger partial charge on any atom is -0.408 e. The third-order valence-corrected chi connectivity index (χ3v) is 4.89. The van der Waals surface area contributed by atoms with Gasteiger partial charge >= 0.3 is 5.76 Å². The van der Waals surface area contributed by atoms with Crippen LogP contribution in [-0.4, -0.2) is 22.4 Å². The van der Waals surface area contributed by atoms with Gasteiger partial charge in [-0.25, -0.2) is 14.2 Å². The highest BCUT2D eigenvalue weighted by atomic mass is 32.1. The number of hydrogen-bond donors (Lipinski definition) is 2. The van der Waals surface area contributed by atoms with Crippen molar-refractivity contribution in [2.45, 2.75) is 6.42 Å². The van der Waals surface area contributed by atoms with Crippen molar-refractivity contribution >= 4 is 28.3 Å². The molecule has 4 rings (SSSR count). The Hall–Kier alpha value is -3.26. The minimum atomic E-state index is -0.491. The highest BCUT2D eigenvalue weighted by Gasteiger charge is 2.09. The normalized spacial score (nSPS) is 11.0. The van der Waals surface area contributed by atoms with Gasteiger partial charge in [-0.3, -0.25) is 9.78 Å². The molecule has 1 amide bonds. The van der Waals surface area contributed by atoms with Crippen LogP contribution in [0.4, 0.5) is 4.39 Å². The monoisotopic (exact) mass is 383 g/mol. The summed E-state index contributed by atoms with van der Waals surface area (Å²) >= 11 is 1.48. The maximum atomic E-state index is 13.2. The first-order valence-corrected chi connectivity index (χ1v) is 9.08. The Labute approximate surface area is 156 Å². The molecule has 2 N–H and O–H groups in total. The quantitative estimate of drug-likeness (QED) is 0.553. The molecule has 0 atom stereocenters. The number of fused-ring (bicyclic) bond motifs is 1. The van der Waals surface area contributed by atoms with Crippen LogP contribution in [0.1, 0.15) is 15.4 Å². The molecule has 0 saturated carbocycles. The molecular formula is C19H14FN3O3S. The number of nitrogens with zero attached hydrogens (tertiary/aromatic N) is 1. The molecule has 2 aromatic heterocycles. The topological polar surface area (TPSA) is 88.0 Å². The van der Waals surface area contributed by atoms with E-state index in [1.54, 1.807) is 18.2 Å². The lowest BCUT2D eigenvalue weighted by Gasteiger charge is -2.04. The fourth-order valence-corrected chi connectivity index (χ4v) is 3.49. The molecule has 0 aliphatic heterocycles. The number of benzene rings is 2. The van der Waals surface area contributed by atoms with E-state index in [2.05, 4.69) is 15.3 Å². The van der Waals surface area contributed by atoms with Crippen LogP contribution < -0.4 is 11.1 Å². The number of amides is 1. The number of carbonyl (C=O) groups excluding carboxylic acids is 1. The first-order valence-electron chi connectivity index (χ1n) is 8.20. The Balaban J connectivity index is 1.40. The Morgan fingerprint density at radius 3 is 3.00 bits per heavy atom. The van der Waals surface area contributed by atoms with Crippen LogP contribution >= 0.6 is 11.3 Å². The number of H-pyrrole nitrogens is 1. The van der Waals surface area contributed by atoms with Gasteiger partial charge in [-0.1, -0.05) is 12.1 Å². The van der Waals surface area contributed by atoms with E-state index in [4.69, 9.17) is 4.42 Å². The fourth-order valence-electron chi connectivity index (χ4n) is 2.68. The molecular weight excluding hydrogens is 369 g/mol. The van der Waals surface area contributed by atoms with Crippen molar-refractivity contribution in [3.63, 3.8) is 0 Å². The molecule has 2 aromatic carbocycles. The van der Waals surface area contributed by atoms with Crippen LogP contribution in [-0.2, 0) is 6.42 Å². The van der Waals surface area contributed by atoms with E-state index in [9.17, 15) is 14.0 Å². The van der Waals surface area contributed by atoms with Crippen molar-refractivity contribution in [1.29, 1.82) is 0 Å². The maximum Gasteiger partial charge on any atom is 0.417 e. The summed E-state index contributed by atoms with van der Waals surface area (Å²) in [4.78, 5) is 30.4. The number of rotatable bonds is 5. The molecule has 136 valence electrons. The molecule has 27 heavy (non-hydrogen) atoms. The smallest absolute Gasteiger partial charge is 0.408 e. The molecule has 2 heterocycles. The summed E-state index contributed by atoms with van der Waals surface area (Å²) in [6, 6.07) is 11.0. The predicted octanol–water partition coefficient (Wildman–Crippen LogP) is 3.36. The highest BCUT2D eigenvalue weighted by Crippen LogP contribution is 2.25. The van der Waals surface area contributed by atoms with Crippen molar-refractivity contribution in [3.05, 3.63) is 74.8 Å². The molecule has 0 bridgehead atoms. The molecule has 4 aromatic rings. The molecule has 8 heteroatoms. The Morgan fingerprint density at radius 2 is 2.15 bits per heavy atom. The number of oxazole rings is 1. The lowest BCUT2D eigenvalue weighted by atomic mass is 10.1. The summed E-state index contributed by atoms with van der Waals surface area (Å²) in [5.41, 5.74) is 3.03. The van der Waals surface area contributed by atoms with Crippen LogP contribution in [0.5, 0.6) is 0 Å². The zero-order valence-electron chi connectivity index (χ0n) is 14.0. The summed E-state index contributed by atoms with van der Waals surface area (Å²) in [5, 5.41) is 5.53. The van der Waals surface area contributed by atoms with E-state index < -0.39 is 11.6 Å². The van der Waals surface area contributed by atoms with Gasteiger partial charge in [-0.05, 0) is 30.3 Å². The Kier molecular flexibility index (Phi) is 4.55. The second kappa shape index (κ2) is 7.16. The van der Waals surface area contributed by atoms with E-state index in [1.807, 2.05) is 11.4 Å². The zero-order valence-corrected chi connectivity index (χ0v) is 14.8. The average Bonchev–Trinajstić information content (AvgIpc) is 3.26. The number of aromatic amines is 1. The summed E-state index contributed by atoms with van der Waals surface area (Å²) in [6.45, 7) is 0.397. The third-order valence-electron chi connectivity index (χ3n) is 3.98. The maximum absolute atomic E-state index is 13.2. The van der Waals surface area contributed by atoms with Gasteiger partial charge in [0.15, 0.2) is 5.58 Å². The molecule has 6 nitrogen and oxygen atoms in total. The van der Waals surface area contributed by atoms with Crippen molar-refractivity contribution in [1.82, 2.24) is 15.3 Å². The fraction of sp³-hybridized carbons (Fsp3) is 0.105. The predicted molar refractivity (Wildman–Crippen MR) is 100 cm³/mol. The highest BCUT2D eigenvalue weighted by molar-refractivity contribution is 7.09. The lowest BCUT2D eigenvalue weighted by Crippen LogP contribution is -2.25. The zero-order chi connectivity index (χ0) is 18.8. The molecule has 0 aliphatic carbocycles. The SMILES string of the molecule is O=C(NCCc1nc(-c2ccc3[nH]c(=O)oc3c2)cs1)c1cccc(F)c1. The average molecular weight is 383 g/mol. The summed E-state index contributed by atoms with van der Waals surface area (Å²) in [6.07, 6.45) is 0.563. The van der Waals surface area contributed by atoms with E-state index >= 15 is 0 Å². The number of aromatic nitrogens is 2. The van der Waals surface area contributed by atoms with Gasteiger partial charge in [0.1, 0.15) is 5.82 Å². The van der Waals surface area contributed by atoms with Crippen LogP contribution in [0.15, 0.2) is 57.1 Å². The van der Waals surface area contributed by atoms with Crippen molar-refractivity contribution < 1.29 is 13.6 Å². The standard InChI is InChI=1S/C19H14FN3O3S/c20-13-3-1-2-12(8-13)18(24)21-7-6-17-22-15(10-27-17)11-4-5-14-16(9-11)26-19(25)23-14/h1-5,8-10H,6-7H2,(H,21,24)(H,23,25). The molecule has 0 spiro atoms. The van der Waals surface area contributed by atoms with Gasteiger partial charge in [0.05, 0.1) is 16.2 Å². The Bertz CT molecular complexity index is 1180. The molecule has 0 radical (unpaired) electrons. The van der Waals surface area contributed by atoms with Crippen LogP contribution in [0, 0.1) is 5.82 Å². The number of nitrogens with one attached hydrogen (secondary N) is 2. The second-order valence-corrected chi connectivity index (χ2v) is 6.81. The van der Waals surface area contributed by atoms with Gasteiger partial charge in [0, 0.05) is 29.5 Å². The molecule has 0 aliphatic rings. The van der Waals surface area contributed by atoms with Crippen molar-refractivity contribution in [3.8, 4) is 11.3 Å². The third kappa shape index (κ3) is 3.80. The lowest BCUT2D eigenvalue weighted by molar-refractivity contribution is 0.0953. The number of hydrogen-bond acceptors (Lipinski definition) is 5. The molecule has 0 unspecified atom stereocenters. The van der Waals surface area contributed by atoms with Gasteiger partial charge in [0.25, 0.3) is 5.91 Å². The van der Waals surface area contributed by atoms with Crippen molar-refractivity contribution in [2.24, 2.45) is 0 Å². The molecule has 0 fully saturated rings. The number of halogens is 1. The summed E-state index contributed by atoms with van der Waals surface area (Å²) in [7, 11) is 0. The van der Waals surface area contributed by atoms with Gasteiger partial charge in [-0.15, -0.1) is 11.3 Å². The number of thiazole rings is 1. The van der Waals surface area contributed by atoms with E-state index in [0.29, 0.717) is 24.1 Å². The summed E-state index contributed by atoms with van der Waals surface area (Å²) in [5.74, 6) is -1.25. The van der Waals surface area contributed by atoms with Crippen LogP contribution in [0.2, 0.25) is 0 Å². The minimum absolute atomic E-state index is 0.288. The summed E-state index contributed by atoms with van der Waals surface area (Å²) < 4.78 is 18.2. The van der Waals surface area contributed by atoms with E-state index in [0.717, 1.165) is 16.3 Å². The first-order chi connectivity index (χ1) is 13.1. The van der Waals surface area contributed by atoms with Gasteiger partial charge in [-0.2, -0.15) is 0 Å². The number of carbonyl (C=O) groups is 1. The second-order valence-electron chi connectivity index (χ2n) is 5.87. The Morgan fingerprint density at radius 1 is 1.26 bits per heavy atom. The van der Waals surface area contributed by atoms with E-state index in [1.165, 1.54) is 29.5 Å². The van der Waals surface area contributed by atoms with Gasteiger partial charge < -0.3 is 9.73 Å². The largest absolute Gasteiger partial charge is 0.417 e. The van der Waals surface area contributed by atoms with Gasteiger partial charge in [0.2, 0.25) is 0 Å². The molecule has 0 saturated heterocycles. The van der Waals surface area contributed by atoms with E-state index in [-0.39, 0.29) is 11.5 Å².